The lowest BCUT2D eigenvalue weighted by molar-refractivity contribution is 0.121. The zero-order valence-corrected chi connectivity index (χ0v) is 23.7. The molecule has 2 aromatic heterocycles. The number of nitrogens with zero attached hydrogens (tertiary/aromatic N) is 6. The van der Waals surface area contributed by atoms with Gasteiger partial charge in [0, 0.05) is 42.8 Å². The number of nitrogens with one attached hydrogen (secondary N) is 1. The molecule has 0 aliphatic carbocycles. The molecule has 0 saturated carbocycles. The van der Waals surface area contributed by atoms with Gasteiger partial charge in [0.15, 0.2) is 5.65 Å². The van der Waals surface area contributed by atoms with Crippen molar-refractivity contribution in [2.45, 2.75) is 32.7 Å². The van der Waals surface area contributed by atoms with Gasteiger partial charge in [0.1, 0.15) is 11.3 Å². The molecule has 37 heavy (non-hydrogen) atoms. The van der Waals surface area contributed by atoms with Gasteiger partial charge in [-0.2, -0.15) is 5.10 Å². The van der Waals surface area contributed by atoms with Crippen LogP contribution in [0.15, 0.2) is 24.4 Å². The highest BCUT2D eigenvalue weighted by atomic mass is 35.5. The van der Waals surface area contributed by atoms with E-state index in [0.717, 1.165) is 67.4 Å². The third-order valence-electron chi connectivity index (χ3n) is 7.57. The van der Waals surface area contributed by atoms with Crippen LogP contribution in [0, 0.1) is 18.8 Å². The Kier molecular flexibility index (Phi) is 7.66. The Bertz CT molecular complexity index is 1390. The minimum Gasteiger partial charge on any atom is -0.355 e. The van der Waals surface area contributed by atoms with Gasteiger partial charge in [0.25, 0.3) is 0 Å². The van der Waals surface area contributed by atoms with Crippen LogP contribution in [0.2, 0.25) is 10.0 Å². The van der Waals surface area contributed by atoms with Gasteiger partial charge in [0.2, 0.25) is 10.0 Å². The van der Waals surface area contributed by atoms with E-state index in [-0.39, 0.29) is 6.04 Å². The molecule has 200 valence electrons. The maximum atomic E-state index is 11.4. The molecule has 4 heterocycles. The van der Waals surface area contributed by atoms with Crippen LogP contribution in [0.1, 0.15) is 37.1 Å². The Morgan fingerprint density at radius 2 is 1.97 bits per heavy atom. The molecule has 3 aromatic rings. The van der Waals surface area contributed by atoms with E-state index >= 15 is 0 Å². The second kappa shape index (κ2) is 10.6. The van der Waals surface area contributed by atoms with Crippen LogP contribution >= 0.6 is 23.2 Å². The van der Waals surface area contributed by atoms with E-state index in [1.807, 2.05) is 29.9 Å². The number of fused-ring (bicyclic) bond motifs is 1. The maximum absolute atomic E-state index is 11.4. The molecule has 0 amide bonds. The smallest absolute Gasteiger partial charge is 0.208 e. The number of hydrogen-bond donors (Lipinski definition) is 1. The molecule has 2 fully saturated rings. The molecule has 12 heteroatoms. The summed E-state index contributed by atoms with van der Waals surface area (Å²) >= 11 is 12.6. The molecule has 1 aromatic carbocycles. The lowest BCUT2D eigenvalue weighted by Gasteiger charge is -2.47. The summed E-state index contributed by atoms with van der Waals surface area (Å²) in [4.78, 5) is 14.4. The summed E-state index contributed by atoms with van der Waals surface area (Å²) in [6.45, 7) is 9.15. The molecular weight excluding hydrogens is 533 g/mol. The molecule has 1 unspecified atom stereocenters. The fourth-order valence-electron chi connectivity index (χ4n) is 5.50. The first kappa shape index (κ1) is 26.6. The van der Waals surface area contributed by atoms with Crippen LogP contribution in [0.25, 0.3) is 11.2 Å². The average Bonchev–Trinajstić information content (AvgIpc) is 3.13. The van der Waals surface area contributed by atoms with Crippen molar-refractivity contribution in [3.63, 3.8) is 0 Å². The van der Waals surface area contributed by atoms with Crippen molar-refractivity contribution >= 4 is 50.2 Å². The Balaban J connectivity index is 1.26. The van der Waals surface area contributed by atoms with Crippen molar-refractivity contribution in [2.24, 2.45) is 11.8 Å². The van der Waals surface area contributed by atoms with Gasteiger partial charge in [-0.1, -0.05) is 29.3 Å². The molecule has 9 nitrogen and oxygen atoms in total. The van der Waals surface area contributed by atoms with E-state index < -0.39 is 10.0 Å². The van der Waals surface area contributed by atoms with Crippen molar-refractivity contribution in [1.82, 2.24) is 29.4 Å². The molecule has 2 atom stereocenters. The zero-order chi connectivity index (χ0) is 26.3. The number of benzene rings is 1. The second-order valence-corrected chi connectivity index (χ2v) is 13.0. The first-order chi connectivity index (χ1) is 17.6. The quantitative estimate of drug-likeness (QED) is 0.444. The van der Waals surface area contributed by atoms with Gasteiger partial charge in [-0.3, -0.25) is 0 Å². The van der Waals surface area contributed by atoms with Crippen molar-refractivity contribution < 1.29 is 8.42 Å². The number of hydrogen-bond acceptors (Lipinski definition) is 7. The molecule has 5 rings (SSSR count). The summed E-state index contributed by atoms with van der Waals surface area (Å²) in [7, 11) is -3.14. The van der Waals surface area contributed by atoms with Crippen molar-refractivity contribution in [2.75, 3.05) is 50.4 Å². The fourth-order valence-corrected chi connectivity index (χ4v) is 6.53. The summed E-state index contributed by atoms with van der Waals surface area (Å²) in [5.74, 6) is 2.07. The van der Waals surface area contributed by atoms with E-state index in [0.29, 0.717) is 28.4 Å². The Morgan fingerprint density at radius 3 is 2.70 bits per heavy atom. The van der Waals surface area contributed by atoms with Crippen LogP contribution < -0.4 is 9.62 Å². The Hall–Kier alpha value is -1.98. The van der Waals surface area contributed by atoms with E-state index in [1.165, 1.54) is 12.7 Å². The summed E-state index contributed by atoms with van der Waals surface area (Å²) in [5.41, 5.74) is 3.31. The number of piperidine rings is 1. The highest BCUT2D eigenvalue weighted by Crippen LogP contribution is 2.35. The summed E-state index contributed by atoms with van der Waals surface area (Å²) in [6.07, 6.45) is 5.42. The number of anilines is 1. The van der Waals surface area contributed by atoms with E-state index in [2.05, 4.69) is 21.4 Å². The van der Waals surface area contributed by atoms with Crippen molar-refractivity contribution in [3.05, 3.63) is 45.7 Å². The number of aromatic nitrogens is 4. The summed E-state index contributed by atoms with van der Waals surface area (Å²) in [5, 5.41) is 5.95. The van der Waals surface area contributed by atoms with Crippen LogP contribution in [-0.4, -0.2) is 78.6 Å². The maximum Gasteiger partial charge on any atom is 0.208 e. The standard InChI is InChI=1S/C25H33Cl2N7O2S/c1-16-24-25(34(31-16)17(2)21-7-6-20(26)11-22(21)27)30-23(12-28-24)33-14-19(15-33)18-5-4-9-32(13-18)10-8-29-37(3,35)36/h6-7,11-12,17-19,29H,4-5,8-10,13-15H2,1-3H3/t17?,18-/m1/s1. The highest BCUT2D eigenvalue weighted by molar-refractivity contribution is 7.88. The lowest BCUT2D eigenvalue weighted by atomic mass is 9.80. The predicted molar refractivity (Wildman–Crippen MR) is 148 cm³/mol. The van der Waals surface area contributed by atoms with Crippen molar-refractivity contribution in [3.8, 4) is 0 Å². The Labute approximate surface area is 228 Å². The SMILES string of the molecule is Cc1nn(C(C)c2ccc(Cl)cc2Cl)c2nc(N3CC([C@@H]4CCCN(CCNS(C)(=O)=O)C4)C3)cnc12. The lowest BCUT2D eigenvalue weighted by Crippen LogP contribution is -2.54. The van der Waals surface area contributed by atoms with Crippen LogP contribution in [0.4, 0.5) is 5.82 Å². The normalized spacial score (nSPS) is 20.4. The van der Waals surface area contributed by atoms with Gasteiger partial charge in [0.05, 0.1) is 24.2 Å². The molecule has 0 bridgehead atoms. The molecule has 0 spiro atoms. The van der Waals surface area contributed by atoms with Gasteiger partial charge < -0.3 is 9.80 Å². The molecular formula is C25H33Cl2N7O2S. The van der Waals surface area contributed by atoms with E-state index in [9.17, 15) is 8.42 Å². The zero-order valence-electron chi connectivity index (χ0n) is 21.4. The van der Waals surface area contributed by atoms with Crippen LogP contribution in [0.5, 0.6) is 0 Å². The number of likely N-dealkylation sites (tertiary alicyclic amines) is 1. The van der Waals surface area contributed by atoms with Gasteiger partial charge >= 0.3 is 0 Å². The molecule has 2 aliphatic rings. The largest absolute Gasteiger partial charge is 0.355 e. The monoisotopic (exact) mass is 565 g/mol. The van der Waals surface area contributed by atoms with Gasteiger partial charge in [-0.05, 0) is 62.8 Å². The first-order valence-electron chi connectivity index (χ1n) is 12.7. The van der Waals surface area contributed by atoms with E-state index in [1.54, 1.807) is 6.07 Å². The summed E-state index contributed by atoms with van der Waals surface area (Å²) < 4.78 is 27.2. The molecule has 0 radical (unpaired) electrons. The first-order valence-corrected chi connectivity index (χ1v) is 15.3. The van der Waals surface area contributed by atoms with Crippen LogP contribution in [-0.2, 0) is 10.0 Å². The minimum atomic E-state index is -3.14. The number of halogens is 2. The number of sulfonamides is 1. The molecule has 2 saturated heterocycles. The number of aryl methyl sites for hydroxylation is 1. The van der Waals surface area contributed by atoms with Gasteiger partial charge in [-0.25, -0.2) is 27.8 Å². The molecule has 2 aliphatic heterocycles. The summed E-state index contributed by atoms with van der Waals surface area (Å²) in [6, 6.07) is 5.39. The van der Waals surface area contributed by atoms with Gasteiger partial charge in [-0.15, -0.1) is 0 Å². The number of rotatable bonds is 8. The highest BCUT2D eigenvalue weighted by Gasteiger charge is 2.36. The van der Waals surface area contributed by atoms with E-state index in [4.69, 9.17) is 38.3 Å². The minimum absolute atomic E-state index is 0.125. The third-order valence-corrected chi connectivity index (χ3v) is 8.86. The fraction of sp³-hybridized carbons (Fsp3) is 0.560. The average molecular weight is 567 g/mol. The van der Waals surface area contributed by atoms with Crippen molar-refractivity contribution in [1.29, 1.82) is 0 Å². The van der Waals surface area contributed by atoms with Crippen LogP contribution in [0.3, 0.4) is 0 Å². The molecule has 1 N–H and O–H groups in total. The topological polar surface area (TPSA) is 96.3 Å². The Morgan fingerprint density at radius 1 is 1.19 bits per heavy atom. The predicted octanol–water partition coefficient (Wildman–Crippen LogP) is 3.75. The third kappa shape index (κ3) is 5.88. The second-order valence-electron chi connectivity index (χ2n) is 10.3.